The predicted molar refractivity (Wildman–Crippen MR) is 82.9 cm³/mol. The number of carbonyl (C=O) groups excluding carboxylic acids is 1. The van der Waals surface area contributed by atoms with E-state index in [1.165, 1.54) is 11.8 Å². The van der Waals surface area contributed by atoms with Gasteiger partial charge in [0.05, 0.1) is 10.8 Å². The number of thioether (sulfide) groups is 1. The minimum absolute atomic E-state index is 0.211. The maximum atomic E-state index is 11.9. The standard InChI is InChI=1S/C13H10BrClOS2/c14-10-5-6-17-13(10)7-9(16)8-18-12-4-2-1-3-11(12)15/h1-6H,7-8H2. The molecule has 1 aromatic carbocycles. The van der Waals surface area contributed by atoms with Gasteiger partial charge in [-0.1, -0.05) is 23.7 Å². The topological polar surface area (TPSA) is 17.1 Å². The van der Waals surface area contributed by atoms with Gasteiger partial charge in [0.2, 0.25) is 0 Å². The molecule has 0 saturated heterocycles. The van der Waals surface area contributed by atoms with Crippen LogP contribution < -0.4 is 0 Å². The second kappa shape index (κ2) is 6.75. The van der Waals surface area contributed by atoms with Crippen molar-refractivity contribution >= 4 is 56.4 Å². The molecule has 0 bridgehead atoms. The molecule has 0 atom stereocenters. The molecule has 2 aromatic rings. The third-order valence-corrected chi connectivity index (χ3v) is 5.78. The van der Waals surface area contributed by atoms with Crippen molar-refractivity contribution < 1.29 is 4.79 Å². The van der Waals surface area contributed by atoms with Crippen LogP contribution in [0.4, 0.5) is 0 Å². The van der Waals surface area contributed by atoms with Crippen LogP contribution in [-0.2, 0) is 11.2 Å². The highest BCUT2D eigenvalue weighted by Gasteiger charge is 2.09. The number of rotatable bonds is 5. The summed E-state index contributed by atoms with van der Waals surface area (Å²) in [5, 5.41) is 2.68. The number of thiophene rings is 1. The fourth-order valence-corrected chi connectivity index (χ4v) is 4.02. The molecule has 5 heteroatoms. The van der Waals surface area contributed by atoms with Crippen LogP contribution in [0.15, 0.2) is 45.1 Å². The predicted octanol–water partition coefficient (Wildman–Crippen LogP) is 5.07. The van der Waals surface area contributed by atoms with Gasteiger partial charge in [0.25, 0.3) is 0 Å². The molecular formula is C13H10BrClOS2. The van der Waals surface area contributed by atoms with Crippen LogP contribution in [-0.4, -0.2) is 11.5 Å². The summed E-state index contributed by atoms with van der Waals surface area (Å²) in [5.74, 6) is 0.664. The number of benzene rings is 1. The Labute approximate surface area is 128 Å². The number of Topliss-reactive ketones (excluding diaryl/α,β-unsaturated/α-hetero) is 1. The number of carbonyl (C=O) groups is 1. The van der Waals surface area contributed by atoms with Crippen LogP contribution in [0.5, 0.6) is 0 Å². The van der Waals surface area contributed by atoms with E-state index in [1.807, 2.05) is 35.7 Å². The van der Waals surface area contributed by atoms with E-state index in [-0.39, 0.29) is 5.78 Å². The maximum absolute atomic E-state index is 11.9. The first kappa shape index (κ1) is 14.1. The summed E-state index contributed by atoms with van der Waals surface area (Å²) >= 11 is 12.6. The third kappa shape index (κ3) is 3.85. The lowest BCUT2D eigenvalue weighted by Crippen LogP contribution is -2.04. The summed E-state index contributed by atoms with van der Waals surface area (Å²) in [5.41, 5.74) is 0. The van der Waals surface area contributed by atoms with E-state index in [9.17, 15) is 4.79 Å². The van der Waals surface area contributed by atoms with Gasteiger partial charge in [-0.25, -0.2) is 0 Å². The largest absolute Gasteiger partial charge is 0.298 e. The molecule has 0 aliphatic rings. The third-order valence-electron chi connectivity index (χ3n) is 2.27. The summed E-state index contributed by atoms with van der Waals surface area (Å²) in [6.07, 6.45) is 0.482. The summed E-state index contributed by atoms with van der Waals surface area (Å²) in [4.78, 5) is 13.9. The van der Waals surface area contributed by atoms with Crippen LogP contribution in [0.25, 0.3) is 0 Å². The van der Waals surface area contributed by atoms with Gasteiger partial charge in [0.1, 0.15) is 5.78 Å². The molecule has 0 fully saturated rings. The summed E-state index contributed by atoms with van der Waals surface area (Å²) in [6, 6.07) is 9.55. The van der Waals surface area contributed by atoms with E-state index < -0.39 is 0 Å². The molecule has 0 saturated carbocycles. The van der Waals surface area contributed by atoms with Crippen LogP contribution in [0.3, 0.4) is 0 Å². The van der Waals surface area contributed by atoms with Crippen molar-refractivity contribution in [3.63, 3.8) is 0 Å². The van der Waals surface area contributed by atoms with E-state index in [0.29, 0.717) is 17.2 Å². The molecule has 0 aliphatic heterocycles. The molecule has 94 valence electrons. The molecule has 0 radical (unpaired) electrons. The average molecular weight is 362 g/mol. The highest BCUT2D eigenvalue weighted by atomic mass is 79.9. The normalized spacial score (nSPS) is 10.6. The summed E-state index contributed by atoms with van der Waals surface area (Å²) < 4.78 is 1.02. The smallest absolute Gasteiger partial charge is 0.148 e. The number of hydrogen-bond donors (Lipinski definition) is 0. The SMILES string of the molecule is O=C(CSc1ccccc1Cl)Cc1sccc1Br. The zero-order valence-corrected chi connectivity index (χ0v) is 13.3. The first-order chi connectivity index (χ1) is 8.66. The van der Waals surface area contributed by atoms with Gasteiger partial charge in [-0.2, -0.15) is 0 Å². The van der Waals surface area contributed by atoms with E-state index in [1.54, 1.807) is 11.3 Å². The molecule has 0 amide bonds. The Morgan fingerprint density at radius 1 is 1.33 bits per heavy atom. The minimum atomic E-state index is 0.211. The molecule has 1 aromatic heterocycles. The Morgan fingerprint density at radius 3 is 2.78 bits per heavy atom. The molecule has 0 N–H and O–H groups in total. The van der Waals surface area contributed by atoms with Crippen molar-refractivity contribution in [3.8, 4) is 0 Å². The van der Waals surface area contributed by atoms with Gasteiger partial charge in [0, 0.05) is 20.7 Å². The van der Waals surface area contributed by atoms with Gasteiger partial charge in [0.15, 0.2) is 0 Å². The molecule has 0 unspecified atom stereocenters. The summed E-state index contributed by atoms with van der Waals surface area (Å²) in [7, 11) is 0. The number of ketones is 1. The number of hydrogen-bond acceptors (Lipinski definition) is 3. The minimum Gasteiger partial charge on any atom is -0.298 e. The van der Waals surface area contributed by atoms with Gasteiger partial charge >= 0.3 is 0 Å². The van der Waals surface area contributed by atoms with Gasteiger partial charge in [-0.3, -0.25) is 4.79 Å². The van der Waals surface area contributed by atoms with Crippen molar-refractivity contribution in [2.75, 3.05) is 5.75 Å². The first-order valence-corrected chi connectivity index (χ1v) is 8.31. The second-order valence-corrected chi connectivity index (χ2v) is 6.91. The molecule has 2 rings (SSSR count). The molecule has 0 aliphatic carbocycles. The lowest BCUT2D eigenvalue weighted by Gasteiger charge is -2.03. The summed E-state index contributed by atoms with van der Waals surface area (Å²) in [6.45, 7) is 0. The van der Waals surface area contributed by atoms with E-state index >= 15 is 0 Å². The van der Waals surface area contributed by atoms with Gasteiger partial charge in [-0.15, -0.1) is 23.1 Å². The van der Waals surface area contributed by atoms with Crippen LogP contribution in [0.1, 0.15) is 4.88 Å². The van der Waals surface area contributed by atoms with Crippen molar-refractivity contribution in [2.24, 2.45) is 0 Å². The Hall–Kier alpha value is -0.290. The Balaban J connectivity index is 1.90. The molecule has 1 heterocycles. The van der Waals surface area contributed by atoms with Crippen LogP contribution >= 0.6 is 50.6 Å². The van der Waals surface area contributed by atoms with Crippen molar-refractivity contribution in [2.45, 2.75) is 11.3 Å². The molecular weight excluding hydrogens is 352 g/mol. The average Bonchev–Trinajstić information content (AvgIpc) is 2.74. The van der Waals surface area contributed by atoms with Gasteiger partial charge < -0.3 is 0 Å². The van der Waals surface area contributed by atoms with E-state index in [0.717, 1.165) is 14.2 Å². The zero-order chi connectivity index (χ0) is 13.0. The van der Waals surface area contributed by atoms with Crippen molar-refractivity contribution in [3.05, 3.63) is 50.1 Å². The molecule has 18 heavy (non-hydrogen) atoms. The number of halogens is 2. The van der Waals surface area contributed by atoms with Gasteiger partial charge in [-0.05, 0) is 39.5 Å². The van der Waals surface area contributed by atoms with Crippen molar-refractivity contribution in [1.29, 1.82) is 0 Å². The lowest BCUT2D eigenvalue weighted by atomic mass is 10.3. The Bertz CT molecular complexity index is 553. The monoisotopic (exact) mass is 360 g/mol. The second-order valence-electron chi connectivity index (χ2n) is 3.63. The van der Waals surface area contributed by atoms with E-state index in [2.05, 4.69) is 15.9 Å². The molecule has 1 nitrogen and oxygen atoms in total. The highest BCUT2D eigenvalue weighted by Crippen LogP contribution is 2.28. The fraction of sp³-hybridized carbons (Fsp3) is 0.154. The fourth-order valence-electron chi connectivity index (χ4n) is 1.40. The maximum Gasteiger partial charge on any atom is 0.148 e. The molecule has 0 spiro atoms. The first-order valence-electron chi connectivity index (χ1n) is 5.27. The van der Waals surface area contributed by atoms with E-state index in [4.69, 9.17) is 11.6 Å². The van der Waals surface area contributed by atoms with Crippen LogP contribution in [0.2, 0.25) is 5.02 Å². The highest BCUT2D eigenvalue weighted by molar-refractivity contribution is 9.10. The Morgan fingerprint density at radius 2 is 2.11 bits per heavy atom. The quantitative estimate of drug-likeness (QED) is 0.692. The van der Waals surface area contributed by atoms with Crippen molar-refractivity contribution in [1.82, 2.24) is 0 Å². The Kier molecular flexibility index (Phi) is 5.30. The zero-order valence-electron chi connectivity index (χ0n) is 9.36. The lowest BCUT2D eigenvalue weighted by molar-refractivity contribution is -0.115. The van der Waals surface area contributed by atoms with Crippen LogP contribution in [0, 0.1) is 0 Å².